The minimum absolute atomic E-state index is 0.136. The molecule has 3 heteroatoms. The lowest BCUT2D eigenvalue weighted by molar-refractivity contribution is -0.117. The minimum atomic E-state index is -0.337. The van der Waals surface area contributed by atoms with Crippen LogP contribution in [-0.2, 0) is 4.74 Å². The van der Waals surface area contributed by atoms with Crippen LogP contribution in [0.25, 0.3) is 0 Å². The van der Waals surface area contributed by atoms with E-state index in [1.807, 2.05) is 13.8 Å². The summed E-state index contributed by atoms with van der Waals surface area (Å²) in [6.45, 7) is 7.02. The predicted octanol–water partition coefficient (Wildman–Crippen LogP) is 0.872. The monoisotopic (exact) mass is 173 g/mol. The molecule has 0 bridgehead atoms. The molecule has 0 amide bonds. The fraction of sp³-hybridized carbons (Fsp3) is 1.00. The van der Waals surface area contributed by atoms with Gasteiger partial charge in [-0.2, -0.15) is 0 Å². The van der Waals surface area contributed by atoms with Crippen LogP contribution in [0.5, 0.6) is 0 Å². The summed E-state index contributed by atoms with van der Waals surface area (Å²) in [6.07, 6.45) is 1.25. The van der Waals surface area contributed by atoms with E-state index in [4.69, 9.17) is 4.74 Å². The Labute approximate surface area is 74.1 Å². The van der Waals surface area contributed by atoms with E-state index in [-0.39, 0.29) is 17.9 Å². The summed E-state index contributed by atoms with van der Waals surface area (Å²) in [4.78, 5) is 0. The molecule has 2 atom stereocenters. The summed E-state index contributed by atoms with van der Waals surface area (Å²) in [5.74, 6) is 0. The van der Waals surface area contributed by atoms with Crippen molar-refractivity contribution < 1.29 is 9.84 Å². The average Bonchev–Trinajstić information content (AvgIpc) is 2.36. The summed E-state index contributed by atoms with van der Waals surface area (Å²) >= 11 is 0. The summed E-state index contributed by atoms with van der Waals surface area (Å²) < 4.78 is 5.70. The van der Waals surface area contributed by atoms with Gasteiger partial charge in [-0.05, 0) is 26.7 Å². The highest BCUT2D eigenvalue weighted by molar-refractivity contribution is 4.79. The maximum Gasteiger partial charge on any atom is 0.135 e. The van der Waals surface area contributed by atoms with Gasteiger partial charge >= 0.3 is 0 Å². The zero-order valence-electron chi connectivity index (χ0n) is 8.13. The molecule has 0 spiro atoms. The SMILES string of the molecule is CCC(C)(C)OC1NCCC1O. The van der Waals surface area contributed by atoms with Crippen LogP contribution in [0, 0.1) is 0 Å². The van der Waals surface area contributed by atoms with E-state index in [1.165, 1.54) is 0 Å². The maximum atomic E-state index is 9.46. The number of ether oxygens (including phenoxy) is 1. The summed E-state index contributed by atoms with van der Waals surface area (Å²) in [7, 11) is 0. The van der Waals surface area contributed by atoms with Crippen LogP contribution in [-0.4, -0.2) is 29.6 Å². The standard InChI is InChI=1S/C9H19NO2/c1-4-9(2,3)12-8-7(11)5-6-10-8/h7-8,10-11H,4-6H2,1-3H3. The van der Waals surface area contributed by atoms with E-state index in [1.54, 1.807) is 0 Å². The number of hydrogen-bond donors (Lipinski definition) is 2. The lowest BCUT2D eigenvalue weighted by Gasteiger charge is -2.29. The van der Waals surface area contributed by atoms with Crippen LogP contribution in [0.15, 0.2) is 0 Å². The van der Waals surface area contributed by atoms with Gasteiger partial charge in [-0.3, -0.25) is 5.32 Å². The molecule has 0 aromatic heterocycles. The zero-order valence-corrected chi connectivity index (χ0v) is 8.13. The summed E-state index contributed by atoms with van der Waals surface area (Å²) in [5.41, 5.74) is -0.136. The van der Waals surface area contributed by atoms with Crippen molar-refractivity contribution >= 4 is 0 Å². The van der Waals surface area contributed by atoms with Gasteiger partial charge in [0.15, 0.2) is 0 Å². The Bertz CT molecular complexity index is 147. The van der Waals surface area contributed by atoms with E-state index in [0.717, 1.165) is 19.4 Å². The van der Waals surface area contributed by atoms with E-state index < -0.39 is 0 Å². The topological polar surface area (TPSA) is 41.5 Å². The molecular weight excluding hydrogens is 154 g/mol. The second-order valence-corrected chi connectivity index (χ2v) is 3.96. The van der Waals surface area contributed by atoms with Gasteiger partial charge in [-0.1, -0.05) is 6.92 Å². The number of aliphatic hydroxyl groups is 1. The highest BCUT2D eigenvalue weighted by atomic mass is 16.5. The first-order chi connectivity index (χ1) is 5.55. The molecule has 72 valence electrons. The number of nitrogens with one attached hydrogen (secondary N) is 1. The maximum absolute atomic E-state index is 9.46. The Balaban J connectivity index is 2.39. The lowest BCUT2D eigenvalue weighted by atomic mass is 10.1. The number of rotatable bonds is 3. The van der Waals surface area contributed by atoms with E-state index in [0.29, 0.717) is 0 Å². The molecule has 3 nitrogen and oxygen atoms in total. The van der Waals surface area contributed by atoms with Crippen molar-refractivity contribution in [3.8, 4) is 0 Å². The van der Waals surface area contributed by atoms with Crippen molar-refractivity contribution in [2.45, 2.75) is 51.5 Å². The van der Waals surface area contributed by atoms with Crippen LogP contribution in [0.1, 0.15) is 33.6 Å². The highest BCUT2D eigenvalue weighted by Crippen LogP contribution is 2.19. The molecule has 0 aromatic rings. The average molecular weight is 173 g/mol. The Kier molecular flexibility index (Phi) is 3.09. The first-order valence-electron chi connectivity index (χ1n) is 4.64. The van der Waals surface area contributed by atoms with Crippen molar-refractivity contribution in [2.75, 3.05) is 6.54 Å². The Morgan fingerprint density at radius 1 is 1.58 bits per heavy atom. The molecule has 1 saturated heterocycles. The van der Waals surface area contributed by atoms with Crippen molar-refractivity contribution in [1.29, 1.82) is 0 Å². The molecular formula is C9H19NO2. The summed E-state index contributed by atoms with van der Waals surface area (Å²) in [5, 5.41) is 12.6. The fourth-order valence-corrected chi connectivity index (χ4v) is 1.21. The molecule has 0 aliphatic carbocycles. The van der Waals surface area contributed by atoms with Gasteiger partial charge in [0.05, 0.1) is 11.7 Å². The van der Waals surface area contributed by atoms with E-state index >= 15 is 0 Å². The largest absolute Gasteiger partial charge is 0.389 e. The molecule has 2 N–H and O–H groups in total. The van der Waals surface area contributed by atoms with E-state index in [9.17, 15) is 5.11 Å². The molecule has 1 rings (SSSR count). The second-order valence-electron chi connectivity index (χ2n) is 3.96. The Morgan fingerprint density at radius 3 is 2.67 bits per heavy atom. The predicted molar refractivity (Wildman–Crippen MR) is 47.9 cm³/mol. The smallest absolute Gasteiger partial charge is 0.135 e. The third-order valence-corrected chi connectivity index (χ3v) is 2.43. The highest BCUT2D eigenvalue weighted by Gasteiger charge is 2.30. The van der Waals surface area contributed by atoms with Crippen molar-refractivity contribution in [3.05, 3.63) is 0 Å². The number of hydrogen-bond acceptors (Lipinski definition) is 3. The van der Waals surface area contributed by atoms with Crippen LogP contribution in [0.3, 0.4) is 0 Å². The summed E-state index contributed by atoms with van der Waals surface area (Å²) in [6, 6.07) is 0. The molecule has 2 unspecified atom stereocenters. The van der Waals surface area contributed by atoms with Crippen molar-refractivity contribution in [2.24, 2.45) is 0 Å². The molecule has 0 radical (unpaired) electrons. The van der Waals surface area contributed by atoms with Gasteiger partial charge in [0.25, 0.3) is 0 Å². The van der Waals surface area contributed by atoms with Crippen LogP contribution in [0.2, 0.25) is 0 Å². The van der Waals surface area contributed by atoms with E-state index in [2.05, 4.69) is 12.2 Å². The third kappa shape index (κ3) is 2.44. The van der Waals surface area contributed by atoms with Crippen molar-refractivity contribution in [3.63, 3.8) is 0 Å². The van der Waals surface area contributed by atoms with Crippen LogP contribution >= 0.6 is 0 Å². The van der Waals surface area contributed by atoms with Crippen molar-refractivity contribution in [1.82, 2.24) is 5.32 Å². The van der Waals surface area contributed by atoms with Crippen LogP contribution < -0.4 is 5.32 Å². The quantitative estimate of drug-likeness (QED) is 0.665. The lowest BCUT2D eigenvalue weighted by Crippen LogP contribution is -2.40. The van der Waals surface area contributed by atoms with Gasteiger partial charge in [0.2, 0.25) is 0 Å². The van der Waals surface area contributed by atoms with Gasteiger partial charge in [0, 0.05) is 6.54 Å². The third-order valence-electron chi connectivity index (χ3n) is 2.43. The van der Waals surface area contributed by atoms with Gasteiger partial charge in [-0.25, -0.2) is 0 Å². The minimum Gasteiger partial charge on any atom is -0.389 e. The normalized spacial score (nSPS) is 31.0. The van der Waals surface area contributed by atoms with Gasteiger partial charge in [0.1, 0.15) is 6.23 Å². The second kappa shape index (κ2) is 3.73. The molecule has 12 heavy (non-hydrogen) atoms. The fourth-order valence-electron chi connectivity index (χ4n) is 1.21. The zero-order chi connectivity index (χ0) is 9.19. The van der Waals surface area contributed by atoms with Gasteiger partial charge in [-0.15, -0.1) is 0 Å². The molecule has 1 aliphatic rings. The number of aliphatic hydroxyl groups excluding tert-OH is 1. The molecule has 1 fully saturated rings. The van der Waals surface area contributed by atoms with Crippen LogP contribution in [0.4, 0.5) is 0 Å². The first kappa shape index (κ1) is 9.96. The molecule has 1 heterocycles. The Hall–Kier alpha value is -0.120. The molecule has 1 aliphatic heterocycles. The Morgan fingerprint density at radius 2 is 2.25 bits per heavy atom. The van der Waals surface area contributed by atoms with Gasteiger partial charge < -0.3 is 9.84 Å². The first-order valence-corrected chi connectivity index (χ1v) is 4.64. The molecule has 0 aromatic carbocycles. The molecule has 0 saturated carbocycles.